The minimum atomic E-state index is -4.97. The number of esters is 4. The Bertz CT molecular complexity index is 2000. The number of hydrogen-bond donors (Lipinski definition) is 3. The molecule has 17 nitrogen and oxygen atoms in total. The number of ether oxygens (including phenoxy) is 4. The zero-order valence-electron chi connectivity index (χ0n) is 68.9. The van der Waals surface area contributed by atoms with Gasteiger partial charge in [0, 0.05) is 25.7 Å². The molecule has 0 rings (SSSR count). The van der Waals surface area contributed by atoms with Crippen LogP contribution in [0.2, 0.25) is 0 Å². The van der Waals surface area contributed by atoms with Crippen LogP contribution in [0.4, 0.5) is 0 Å². The summed E-state index contributed by atoms with van der Waals surface area (Å²) in [5.41, 5.74) is 0. The molecule has 2 unspecified atom stereocenters. The summed E-state index contributed by atoms with van der Waals surface area (Å²) in [6.07, 6.45) is 72.3. The Morgan fingerprint density at radius 1 is 0.257 bits per heavy atom. The van der Waals surface area contributed by atoms with Crippen LogP contribution in [-0.2, 0) is 65.4 Å². The van der Waals surface area contributed by atoms with Gasteiger partial charge in [0.15, 0.2) is 12.2 Å². The zero-order valence-corrected chi connectivity index (χ0v) is 70.7. The molecular weight excluding hydrogens is 1370 g/mol. The van der Waals surface area contributed by atoms with Crippen molar-refractivity contribution in [3.8, 4) is 0 Å². The Hall–Kier alpha value is -1.94. The van der Waals surface area contributed by atoms with Crippen molar-refractivity contribution in [1.82, 2.24) is 0 Å². The van der Waals surface area contributed by atoms with Crippen LogP contribution in [0.5, 0.6) is 0 Å². The summed E-state index contributed by atoms with van der Waals surface area (Å²) >= 11 is 0. The van der Waals surface area contributed by atoms with E-state index in [0.29, 0.717) is 25.7 Å². The highest BCUT2D eigenvalue weighted by Gasteiger charge is 2.30. The van der Waals surface area contributed by atoms with Gasteiger partial charge < -0.3 is 33.8 Å². The lowest BCUT2D eigenvalue weighted by Gasteiger charge is -2.21. The van der Waals surface area contributed by atoms with Gasteiger partial charge in [-0.3, -0.25) is 37.3 Å². The number of aliphatic hydroxyl groups excluding tert-OH is 1. The van der Waals surface area contributed by atoms with Gasteiger partial charge in [0.2, 0.25) is 0 Å². The number of hydrogen-bond acceptors (Lipinski definition) is 15. The van der Waals surface area contributed by atoms with Crippen LogP contribution in [0.15, 0.2) is 0 Å². The predicted octanol–water partition coefficient (Wildman–Crippen LogP) is 26.4. The first-order valence-electron chi connectivity index (χ1n) is 44.6. The average Bonchev–Trinajstić information content (AvgIpc) is 0.907. The van der Waals surface area contributed by atoms with Crippen LogP contribution in [0.25, 0.3) is 0 Å². The van der Waals surface area contributed by atoms with Crippen LogP contribution >= 0.6 is 15.6 Å². The highest BCUT2D eigenvalue weighted by molar-refractivity contribution is 7.47. The van der Waals surface area contributed by atoms with Crippen molar-refractivity contribution >= 4 is 39.5 Å². The van der Waals surface area contributed by atoms with Gasteiger partial charge in [0.25, 0.3) is 0 Å². The number of phosphoric acid groups is 2. The third kappa shape index (κ3) is 79.9. The summed E-state index contributed by atoms with van der Waals surface area (Å²) < 4.78 is 68.9. The molecule has 0 aromatic rings. The molecule has 3 N–H and O–H groups in total. The normalized spacial score (nSPS) is 13.8. The van der Waals surface area contributed by atoms with E-state index < -0.39 is 97.5 Å². The standard InChI is InChI=1S/C86H168O17P2/c1-6-9-12-15-18-21-24-26-28-30-32-34-36-38-40-42-45-51-56-61-66-71-85(90)102-81(76-97-84(89)70-65-60-55-50-44-41-39-37-35-33-31-29-27-25-22-19-16-13-10-7-2)77-100-104(92,93)98-73-80(87)74-99-105(94,95)101-78-82(75-96-83(88)69-64-59-54-49-43-23-20-17-14-11-8-3)103-86(91)72-67-62-57-52-47-46-48-53-58-63-68-79(4)5/h79-82,87H,6-78H2,1-5H3,(H,92,93)(H,94,95)/t80-,81-,82-/m1/s1. The number of carbonyl (C=O) groups is 4. The molecule has 0 saturated carbocycles. The molecule has 19 heteroatoms. The summed E-state index contributed by atoms with van der Waals surface area (Å²) in [7, 11) is -9.93. The van der Waals surface area contributed by atoms with Crippen LogP contribution < -0.4 is 0 Å². The number of carbonyl (C=O) groups excluding carboxylic acids is 4. The summed E-state index contributed by atoms with van der Waals surface area (Å²) in [6, 6.07) is 0. The topological polar surface area (TPSA) is 237 Å². The molecule has 105 heavy (non-hydrogen) atoms. The van der Waals surface area contributed by atoms with Gasteiger partial charge >= 0.3 is 39.5 Å². The lowest BCUT2D eigenvalue weighted by molar-refractivity contribution is -0.161. The third-order valence-electron chi connectivity index (χ3n) is 20.3. The summed E-state index contributed by atoms with van der Waals surface area (Å²) in [4.78, 5) is 73.2. The molecule has 0 saturated heterocycles. The van der Waals surface area contributed by atoms with E-state index in [1.807, 2.05) is 0 Å². The van der Waals surface area contributed by atoms with Gasteiger partial charge in [-0.1, -0.05) is 413 Å². The fourth-order valence-corrected chi connectivity index (χ4v) is 15.1. The molecular formula is C86H168O17P2. The van der Waals surface area contributed by atoms with Crippen molar-refractivity contribution in [3.63, 3.8) is 0 Å². The van der Waals surface area contributed by atoms with Gasteiger partial charge in [-0.15, -0.1) is 0 Å². The van der Waals surface area contributed by atoms with Crippen LogP contribution in [-0.4, -0.2) is 96.7 Å². The van der Waals surface area contributed by atoms with Crippen molar-refractivity contribution in [2.45, 2.75) is 483 Å². The van der Waals surface area contributed by atoms with Crippen molar-refractivity contribution in [2.24, 2.45) is 5.92 Å². The van der Waals surface area contributed by atoms with Gasteiger partial charge in [-0.05, 0) is 31.6 Å². The van der Waals surface area contributed by atoms with Gasteiger partial charge in [0.1, 0.15) is 19.3 Å². The number of rotatable bonds is 86. The second kappa shape index (κ2) is 78.7. The maximum absolute atomic E-state index is 13.1. The summed E-state index contributed by atoms with van der Waals surface area (Å²) in [5.74, 6) is -1.35. The second-order valence-corrected chi connectivity index (χ2v) is 34.3. The Labute approximate surface area is 645 Å². The van der Waals surface area contributed by atoms with Crippen molar-refractivity contribution < 1.29 is 80.2 Å². The summed E-state index contributed by atoms with van der Waals surface area (Å²) in [5, 5.41) is 10.7. The molecule has 0 aliphatic rings. The van der Waals surface area contributed by atoms with E-state index >= 15 is 0 Å². The van der Waals surface area contributed by atoms with Gasteiger partial charge in [0.05, 0.1) is 26.4 Å². The molecule has 0 bridgehead atoms. The minimum Gasteiger partial charge on any atom is -0.462 e. The smallest absolute Gasteiger partial charge is 0.462 e. The lowest BCUT2D eigenvalue weighted by Crippen LogP contribution is -2.30. The SMILES string of the molecule is CCCCCCCCCCCCCCCCCCCCCCCC(=O)O[C@H](COC(=O)CCCCCCCCCCCCCCCCCCCCCC)COP(=O)(O)OC[C@@H](O)COP(=O)(O)OC[C@@H](COC(=O)CCCCCCCCCCCCC)OC(=O)CCCCCCCCCCCCC(C)C. The maximum atomic E-state index is 13.1. The molecule has 0 aromatic carbocycles. The van der Waals surface area contributed by atoms with Crippen LogP contribution in [0, 0.1) is 5.92 Å². The monoisotopic (exact) mass is 1540 g/mol. The Balaban J connectivity index is 5.22. The molecule has 0 aliphatic heterocycles. The average molecular weight is 1540 g/mol. The first-order valence-corrected chi connectivity index (χ1v) is 47.6. The first-order chi connectivity index (χ1) is 51.0. The zero-order chi connectivity index (χ0) is 76.9. The van der Waals surface area contributed by atoms with Gasteiger partial charge in [-0.25, -0.2) is 9.13 Å². The first kappa shape index (κ1) is 103. The number of unbranched alkanes of at least 4 members (excludes halogenated alkanes) is 58. The van der Waals surface area contributed by atoms with E-state index in [1.54, 1.807) is 0 Å². The van der Waals surface area contributed by atoms with E-state index in [-0.39, 0.29) is 25.7 Å². The van der Waals surface area contributed by atoms with E-state index in [1.165, 1.54) is 289 Å². The third-order valence-corrected chi connectivity index (χ3v) is 22.2. The largest absolute Gasteiger partial charge is 0.472 e. The lowest BCUT2D eigenvalue weighted by atomic mass is 10.0. The highest BCUT2D eigenvalue weighted by atomic mass is 31.2. The van der Waals surface area contributed by atoms with Gasteiger partial charge in [-0.2, -0.15) is 0 Å². The molecule has 0 radical (unpaired) electrons. The minimum absolute atomic E-state index is 0.107. The molecule has 0 heterocycles. The fourth-order valence-electron chi connectivity index (χ4n) is 13.5. The van der Waals surface area contributed by atoms with E-state index in [9.17, 15) is 43.2 Å². The molecule has 0 amide bonds. The molecule has 624 valence electrons. The predicted molar refractivity (Wildman–Crippen MR) is 432 cm³/mol. The highest BCUT2D eigenvalue weighted by Crippen LogP contribution is 2.45. The van der Waals surface area contributed by atoms with Crippen molar-refractivity contribution in [3.05, 3.63) is 0 Å². The summed E-state index contributed by atoms with van der Waals surface area (Å²) in [6.45, 7) is 7.34. The maximum Gasteiger partial charge on any atom is 0.472 e. The molecule has 0 fully saturated rings. The second-order valence-electron chi connectivity index (χ2n) is 31.4. The van der Waals surface area contributed by atoms with E-state index in [0.717, 1.165) is 95.8 Å². The quantitative estimate of drug-likeness (QED) is 0.0222. The van der Waals surface area contributed by atoms with Crippen molar-refractivity contribution in [2.75, 3.05) is 39.6 Å². The molecule has 0 aliphatic carbocycles. The Kier molecular flexibility index (Phi) is 77.3. The van der Waals surface area contributed by atoms with Crippen LogP contribution in [0.1, 0.15) is 465 Å². The number of phosphoric ester groups is 2. The molecule has 5 atom stereocenters. The number of aliphatic hydroxyl groups is 1. The van der Waals surface area contributed by atoms with Crippen molar-refractivity contribution in [1.29, 1.82) is 0 Å². The molecule has 0 spiro atoms. The Morgan fingerprint density at radius 3 is 0.648 bits per heavy atom. The molecule has 0 aromatic heterocycles. The van der Waals surface area contributed by atoms with Crippen LogP contribution in [0.3, 0.4) is 0 Å². The van der Waals surface area contributed by atoms with E-state index in [4.69, 9.17) is 37.0 Å². The van der Waals surface area contributed by atoms with E-state index in [2.05, 4.69) is 34.6 Å². The fraction of sp³-hybridized carbons (Fsp3) is 0.953. The Morgan fingerprint density at radius 2 is 0.438 bits per heavy atom.